The Hall–Kier alpha value is -1.98. The van der Waals surface area contributed by atoms with Crippen molar-refractivity contribution in [3.63, 3.8) is 0 Å². The Morgan fingerprint density at radius 3 is 2.36 bits per heavy atom. The molecule has 3 heterocycles. The maximum Gasteiger partial charge on any atom is 0.101 e. The van der Waals surface area contributed by atoms with Gasteiger partial charge in [0.05, 0.1) is 11.7 Å². The number of halogens is 2. The number of rotatable bonds is 5. The van der Waals surface area contributed by atoms with Gasteiger partial charge in [0.1, 0.15) is 6.10 Å². The number of likely N-dealkylation sites (tertiary alicyclic amines) is 1. The summed E-state index contributed by atoms with van der Waals surface area (Å²) in [5, 5.41) is 12.6. The van der Waals surface area contributed by atoms with Gasteiger partial charge >= 0.3 is 0 Å². The van der Waals surface area contributed by atoms with Crippen LogP contribution in [0.3, 0.4) is 0 Å². The van der Waals surface area contributed by atoms with Crippen LogP contribution in [0, 0.1) is 0 Å². The van der Waals surface area contributed by atoms with E-state index in [0.29, 0.717) is 15.7 Å². The van der Waals surface area contributed by atoms with Crippen LogP contribution in [0.4, 0.5) is 0 Å². The smallest absolute Gasteiger partial charge is 0.101 e. The number of aliphatic hydroxyl groups excluding tert-OH is 1. The zero-order valence-electron chi connectivity index (χ0n) is 15.3. The van der Waals surface area contributed by atoms with Crippen molar-refractivity contribution in [2.45, 2.75) is 25.0 Å². The summed E-state index contributed by atoms with van der Waals surface area (Å²) >= 11 is 12.4. The van der Waals surface area contributed by atoms with Gasteiger partial charge in [-0.25, -0.2) is 0 Å². The third-order valence-corrected chi connectivity index (χ3v) is 5.59. The van der Waals surface area contributed by atoms with E-state index in [2.05, 4.69) is 14.9 Å². The molecule has 4 rings (SSSR count). The maximum absolute atomic E-state index is 11.5. The third-order valence-electron chi connectivity index (χ3n) is 5.15. The van der Waals surface area contributed by atoms with Gasteiger partial charge in [-0.15, -0.1) is 0 Å². The predicted octanol–water partition coefficient (Wildman–Crippen LogP) is 5.32. The van der Waals surface area contributed by atoms with Crippen molar-refractivity contribution >= 4 is 23.2 Å². The standard InChI is InChI=1S/C22H21Cl2N3O/c23-17-11-16(12-18(24)13-17)20-19(6-4-8-26-20)22(28)21(27-9-1-2-10-27)15-5-3-7-25-14-15/h3-8,11-14,21-22,28H,1-2,9-10H2/t21-,22-/m0/s1. The quantitative estimate of drug-likeness (QED) is 0.614. The molecule has 0 amide bonds. The highest BCUT2D eigenvalue weighted by Gasteiger charge is 2.32. The van der Waals surface area contributed by atoms with Crippen molar-refractivity contribution in [3.8, 4) is 11.3 Å². The number of hydrogen-bond acceptors (Lipinski definition) is 4. The van der Waals surface area contributed by atoms with E-state index >= 15 is 0 Å². The molecule has 0 aliphatic carbocycles. The van der Waals surface area contributed by atoms with E-state index < -0.39 is 6.10 Å². The van der Waals surface area contributed by atoms with E-state index in [1.807, 2.05) is 42.6 Å². The Labute approximate surface area is 174 Å². The monoisotopic (exact) mass is 413 g/mol. The number of pyridine rings is 2. The van der Waals surface area contributed by atoms with Crippen molar-refractivity contribution in [2.24, 2.45) is 0 Å². The van der Waals surface area contributed by atoms with Gasteiger partial charge in [-0.1, -0.05) is 35.3 Å². The average Bonchev–Trinajstić information content (AvgIpc) is 3.22. The van der Waals surface area contributed by atoms with Crippen LogP contribution < -0.4 is 0 Å². The van der Waals surface area contributed by atoms with Crippen LogP contribution in [-0.2, 0) is 0 Å². The zero-order valence-corrected chi connectivity index (χ0v) is 16.8. The molecule has 1 aliphatic rings. The van der Waals surface area contributed by atoms with E-state index in [-0.39, 0.29) is 6.04 Å². The molecular weight excluding hydrogens is 393 g/mol. The largest absolute Gasteiger partial charge is 0.386 e. The second-order valence-corrected chi connectivity index (χ2v) is 7.89. The molecule has 4 nitrogen and oxygen atoms in total. The Morgan fingerprint density at radius 2 is 1.68 bits per heavy atom. The average molecular weight is 414 g/mol. The van der Waals surface area contributed by atoms with Gasteiger partial charge < -0.3 is 5.11 Å². The van der Waals surface area contributed by atoms with Crippen LogP contribution in [0.5, 0.6) is 0 Å². The second-order valence-electron chi connectivity index (χ2n) is 7.02. The predicted molar refractivity (Wildman–Crippen MR) is 112 cm³/mol. The molecule has 0 radical (unpaired) electrons. The molecule has 1 aromatic carbocycles. The lowest BCUT2D eigenvalue weighted by Crippen LogP contribution is -2.31. The highest BCUT2D eigenvalue weighted by Crippen LogP contribution is 2.39. The topological polar surface area (TPSA) is 49.3 Å². The Bertz CT molecular complexity index is 925. The zero-order chi connectivity index (χ0) is 19.5. The molecule has 28 heavy (non-hydrogen) atoms. The Morgan fingerprint density at radius 1 is 0.964 bits per heavy atom. The molecule has 1 fully saturated rings. The van der Waals surface area contributed by atoms with Gasteiger partial charge in [-0.05, 0) is 61.8 Å². The fourth-order valence-electron chi connectivity index (χ4n) is 3.92. The van der Waals surface area contributed by atoms with Crippen LogP contribution in [0.2, 0.25) is 10.0 Å². The molecule has 0 bridgehead atoms. The van der Waals surface area contributed by atoms with Crippen LogP contribution in [0.1, 0.15) is 36.1 Å². The van der Waals surface area contributed by atoms with E-state index in [1.54, 1.807) is 18.5 Å². The van der Waals surface area contributed by atoms with Gasteiger partial charge in [0.25, 0.3) is 0 Å². The van der Waals surface area contributed by atoms with Crippen molar-refractivity contribution in [1.82, 2.24) is 14.9 Å². The summed E-state index contributed by atoms with van der Waals surface area (Å²) < 4.78 is 0. The van der Waals surface area contributed by atoms with Crippen LogP contribution in [0.25, 0.3) is 11.3 Å². The molecule has 0 saturated carbocycles. The van der Waals surface area contributed by atoms with Gasteiger partial charge in [0, 0.05) is 39.8 Å². The van der Waals surface area contributed by atoms with E-state index in [0.717, 1.165) is 42.6 Å². The Kier molecular flexibility index (Phi) is 5.93. The first-order chi connectivity index (χ1) is 13.6. The van der Waals surface area contributed by atoms with Crippen LogP contribution in [-0.4, -0.2) is 33.1 Å². The number of nitrogens with zero attached hydrogens (tertiary/aromatic N) is 3. The number of benzene rings is 1. The third kappa shape index (κ3) is 4.06. The Balaban J connectivity index is 1.78. The molecule has 3 aromatic rings. The summed E-state index contributed by atoms with van der Waals surface area (Å²) in [7, 11) is 0. The molecule has 1 saturated heterocycles. The summed E-state index contributed by atoms with van der Waals surface area (Å²) in [6.07, 6.45) is 6.80. The van der Waals surface area contributed by atoms with Gasteiger partial charge in [0.15, 0.2) is 0 Å². The van der Waals surface area contributed by atoms with Crippen molar-refractivity contribution in [3.05, 3.63) is 82.2 Å². The maximum atomic E-state index is 11.5. The second kappa shape index (κ2) is 8.58. The van der Waals surface area contributed by atoms with E-state index in [4.69, 9.17) is 23.2 Å². The molecule has 2 aromatic heterocycles. The van der Waals surface area contributed by atoms with Crippen molar-refractivity contribution in [1.29, 1.82) is 0 Å². The van der Waals surface area contributed by atoms with E-state index in [9.17, 15) is 5.11 Å². The van der Waals surface area contributed by atoms with Crippen LogP contribution >= 0.6 is 23.2 Å². The first-order valence-electron chi connectivity index (χ1n) is 9.37. The lowest BCUT2D eigenvalue weighted by Gasteiger charge is -2.32. The lowest BCUT2D eigenvalue weighted by atomic mass is 9.92. The van der Waals surface area contributed by atoms with Gasteiger partial charge in [0.2, 0.25) is 0 Å². The first-order valence-corrected chi connectivity index (χ1v) is 10.1. The van der Waals surface area contributed by atoms with Crippen LogP contribution in [0.15, 0.2) is 61.1 Å². The minimum atomic E-state index is -0.760. The summed E-state index contributed by atoms with van der Waals surface area (Å²) in [5.74, 6) is 0. The molecular formula is C22H21Cl2N3O. The molecule has 2 atom stereocenters. The molecule has 1 N–H and O–H groups in total. The first kappa shape index (κ1) is 19.3. The summed E-state index contributed by atoms with van der Waals surface area (Å²) in [6, 6.07) is 12.8. The summed E-state index contributed by atoms with van der Waals surface area (Å²) in [6.45, 7) is 1.91. The molecule has 0 spiro atoms. The molecule has 6 heteroatoms. The number of hydrogen-bond donors (Lipinski definition) is 1. The highest BCUT2D eigenvalue weighted by molar-refractivity contribution is 6.35. The summed E-state index contributed by atoms with van der Waals surface area (Å²) in [5.41, 5.74) is 3.23. The van der Waals surface area contributed by atoms with Crippen molar-refractivity contribution < 1.29 is 5.11 Å². The number of aromatic nitrogens is 2. The lowest BCUT2D eigenvalue weighted by molar-refractivity contribution is 0.0607. The van der Waals surface area contributed by atoms with Gasteiger partial charge in [-0.2, -0.15) is 0 Å². The van der Waals surface area contributed by atoms with Gasteiger partial charge in [-0.3, -0.25) is 14.9 Å². The minimum absolute atomic E-state index is 0.186. The molecule has 1 aliphatic heterocycles. The van der Waals surface area contributed by atoms with Crippen molar-refractivity contribution in [2.75, 3.05) is 13.1 Å². The minimum Gasteiger partial charge on any atom is -0.386 e. The fraction of sp³-hybridized carbons (Fsp3) is 0.273. The summed E-state index contributed by atoms with van der Waals surface area (Å²) in [4.78, 5) is 11.1. The normalized spacial score (nSPS) is 16.8. The number of aliphatic hydroxyl groups is 1. The SMILES string of the molecule is O[C@@H](c1cccnc1-c1cc(Cl)cc(Cl)c1)[C@H](c1cccnc1)N1CCCC1. The molecule has 144 valence electrons. The highest BCUT2D eigenvalue weighted by atomic mass is 35.5. The van der Waals surface area contributed by atoms with E-state index in [1.165, 1.54) is 0 Å². The molecule has 0 unspecified atom stereocenters. The fourth-order valence-corrected chi connectivity index (χ4v) is 4.45.